The van der Waals surface area contributed by atoms with Gasteiger partial charge >= 0.3 is 6.18 Å². The first-order valence-electron chi connectivity index (χ1n) is 6.53. The van der Waals surface area contributed by atoms with Crippen LogP contribution in [0.1, 0.15) is 30.7 Å². The molecule has 112 valence electrons. The Morgan fingerprint density at radius 2 is 1.95 bits per heavy atom. The monoisotopic (exact) mass is 297 g/mol. The number of nitrogens with one attached hydrogen (secondary N) is 1. The summed E-state index contributed by atoms with van der Waals surface area (Å²) in [4.78, 5) is 14.1. The summed E-state index contributed by atoms with van der Waals surface area (Å²) < 4.78 is 39.5. The first kappa shape index (κ1) is 15.2. The van der Waals surface area contributed by atoms with Crippen LogP contribution in [0.25, 0.3) is 11.3 Å². The number of pyridine rings is 1. The highest BCUT2D eigenvalue weighted by molar-refractivity contribution is 5.67. The summed E-state index contributed by atoms with van der Waals surface area (Å²) in [6.45, 7) is 3.35. The average Bonchev–Trinajstić information content (AvgIpc) is 2.45. The Balaban J connectivity index is 2.88. The molecule has 0 radical (unpaired) electrons. The van der Waals surface area contributed by atoms with E-state index in [1.54, 1.807) is 26.0 Å². The van der Waals surface area contributed by atoms with E-state index in [0.29, 0.717) is 23.4 Å². The Morgan fingerprint density at radius 1 is 1.24 bits per heavy atom. The molecule has 4 nitrogen and oxygen atoms in total. The molecule has 0 saturated carbocycles. The summed E-state index contributed by atoms with van der Waals surface area (Å²) in [6.07, 6.45) is -2.79. The van der Waals surface area contributed by atoms with E-state index in [9.17, 15) is 18.0 Å². The van der Waals surface area contributed by atoms with Gasteiger partial charge in [-0.25, -0.2) is 0 Å². The molecule has 1 N–H and O–H groups in total. The summed E-state index contributed by atoms with van der Waals surface area (Å²) in [7, 11) is 0. The average molecular weight is 297 g/mol. The molecule has 0 spiro atoms. The molecule has 0 bridgehead atoms. The van der Waals surface area contributed by atoms with Gasteiger partial charge in [0.05, 0.1) is 5.69 Å². The predicted molar refractivity (Wildman–Crippen MR) is 71.8 cm³/mol. The van der Waals surface area contributed by atoms with E-state index in [0.717, 1.165) is 0 Å². The van der Waals surface area contributed by atoms with Crippen LogP contribution >= 0.6 is 0 Å². The minimum absolute atomic E-state index is 0.0383. The number of aromatic amines is 1. The first-order valence-corrected chi connectivity index (χ1v) is 6.53. The highest BCUT2D eigenvalue weighted by atomic mass is 19.4. The maximum Gasteiger partial charge on any atom is 0.421 e. The second kappa shape index (κ2) is 5.67. The van der Waals surface area contributed by atoms with Gasteiger partial charge < -0.3 is 4.98 Å². The number of alkyl halides is 3. The molecule has 0 amide bonds. The Kier molecular flexibility index (Phi) is 4.11. The number of hydrogen-bond acceptors (Lipinski definition) is 3. The summed E-state index contributed by atoms with van der Waals surface area (Å²) in [5.74, 6) is 0. The van der Waals surface area contributed by atoms with Crippen LogP contribution in [-0.4, -0.2) is 15.2 Å². The van der Waals surface area contributed by atoms with Crippen LogP contribution in [-0.2, 0) is 19.0 Å². The van der Waals surface area contributed by atoms with Crippen molar-refractivity contribution in [2.24, 2.45) is 0 Å². The van der Waals surface area contributed by atoms with Crippen LogP contribution in [0.15, 0.2) is 23.1 Å². The normalized spacial score (nSPS) is 11.7. The van der Waals surface area contributed by atoms with Crippen molar-refractivity contribution in [3.63, 3.8) is 0 Å². The van der Waals surface area contributed by atoms with Crippen LogP contribution in [0.4, 0.5) is 13.2 Å². The molecule has 0 atom stereocenters. The van der Waals surface area contributed by atoms with Gasteiger partial charge in [-0.2, -0.15) is 23.4 Å². The molecule has 21 heavy (non-hydrogen) atoms. The Hall–Kier alpha value is -2.18. The zero-order valence-electron chi connectivity index (χ0n) is 11.6. The molecule has 2 aromatic rings. The van der Waals surface area contributed by atoms with Crippen molar-refractivity contribution in [2.45, 2.75) is 32.9 Å². The van der Waals surface area contributed by atoms with Gasteiger partial charge in [0.2, 0.25) is 0 Å². The van der Waals surface area contributed by atoms with Crippen LogP contribution in [0.3, 0.4) is 0 Å². The summed E-state index contributed by atoms with van der Waals surface area (Å²) >= 11 is 0. The Morgan fingerprint density at radius 3 is 2.43 bits per heavy atom. The fraction of sp³-hybridized carbons (Fsp3) is 0.357. The molecule has 2 heterocycles. The molecule has 2 rings (SSSR count). The highest BCUT2D eigenvalue weighted by Crippen LogP contribution is 2.35. The second-order valence-corrected chi connectivity index (χ2v) is 4.47. The molecule has 0 aliphatic carbocycles. The van der Waals surface area contributed by atoms with Gasteiger partial charge in [0, 0.05) is 17.5 Å². The fourth-order valence-electron chi connectivity index (χ4n) is 2.37. The third-order valence-corrected chi connectivity index (χ3v) is 3.22. The minimum Gasteiger partial charge on any atom is -0.325 e. The smallest absolute Gasteiger partial charge is 0.325 e. The van der Waals surface area contributed by atoms with Gasteiger partial charge in [-0.3, -0.25) is 4.79 Å². The number of nitrogens with zero attached hydrogens (tertiary/aromatic N) is 2. The molecule has 7 heteroatoms. The van der Waals surface area contributed by atoms with Crippen molar-refractivity contribution in [1.29, 1.82) is 0 Å². The maximum absolute atomic E-state index is 13.2. The molecular weight excluding hydrogens is 283 g/mol. The van der Waals surface area contributed by atoms with Crippen molar-refractivity contribution in [1.82, 2.24) is 15.2 Å². The van der Waals surface area contributed by atoms with E-state index in [2.05, 4.69) is 15.2 Å². The highest BCUT2D eigenvalue weighted by Gasteiger charge is 2.38. The van der Waals surface area contributed by atoms with Crippen molar-refractivity contribution < 1.29 is 13.2 Å². The van der Waals surface area contributed by atoms with Gasteiger partial charge in [-0.15, -0.1) is 0 Å². The van der Waals surface area contributed by atoms with Crippen LogP contribution < -0.4 is 5.56 Å². The van der Waals surface area contributed by atoms with Gasteiger partial charge in [0.1, 0.15) is 5.56 Å². The van der Waals surface area contributed by atoms with E-state index in [4.69, 9.17) is 0 Å². The van der Waals surface area contributed by atoms with E-state index in [-0.39, 0.29) is 12.0 Å². The zero-order chi connectivity index (χ0) is 15.6. The third-order valence-electron chi connectivity index (χ3n) is 3.22. The van der Waals surface area contributed by atoms with Crippen molar-refractivity contribution >= 4 is 0 Å². The third kappa shape index (κ3) is 2.81. The number of hydrogen-bond donors (Lipinski definition) is 1. The summed E-state index contributed by atoms with van der Waals surface area (Å²) in [5, 5.41) is 7.58. The number of halogens is 3. The molecule has 0 saturated heterocycles. The molecule has 0 unspecified atom stereocenters. The number of aromatic nitrogens is 3. The van der Waals surface area contributed by atoms with Crippen molar-refractivity contribution in [2.75, 3.05) is 0 Å². The van der Waals surface area contributed by atoms with E-state index < -0.39 is 17.3 Å². The number of H-pyrrole nitrogens is 1. The number of rotatable bonds is 3. The zero-order valence-corrected chi connectivity index (χ0v) is 11.6. The van der Waals surface area contributed by atoms with E-state index in [1.807, 2.05) is 0 Å². The number of aryl methyl sites for hydroxylation is 1. The second-order valence-electron chi connectivity index (χ2n) is 4.47. The van der Waals surface area contributed by atoms with E-state index in [1.165, 1.54) is 6.20 Å². The fourth-order valence-corrected chi connectivity index (χ4v) is 2.37. The molecule has 0 aromatic carbocycles. The van der Waals surface area contributed by atoms with Crippen molar-refractivity contribution in [3.05, 3.63) is 45.5 Å². The topological polar surface area (TPSA) is 58.6 Å². The van der Waals surface area contributed by atoms with Gasteiger partial charge in [0.15, 0.2) is 0 Å². The lowest BCUT2D eigenvalue weighted by atomic mass is 9.95. The lowest BCUT2D eigenvalue weighted by molar-refractivity contribution is -0.139. The standard InChI is InChI=1S/C14H14F3N3O/c1-3-8-11(10-6-5-7-18-20-10)9(4-2)19-13(21)12(8)14(15,16)17/h5-7H,3-4H2,1-2H3,(H,19,21). The Bertz CT molecular complexity index is 693. The van der Waals surface area contributed by atoms with Crippen LogP contribution in [0.2, 0.25) is 0 Å². The van der Waals surface area contributed by atoms with Crippen LogP contribution in [0, 0.1) is 0 Å². The van der Waals surface area contributed by atoms with Gasteiger partial charge in [0.25, 0.3) is 5.56 Å². The predicted octanol–water partition coefficient (Wildman–Crippen LogP) is 2.98. The first-order chi connectivity index (χ1) is 9.90. The molecular formula is C14H14F3N3O. The SMILES string of the molecule is CCc1[nH]c(=O)c(C(F)(F)F)c(CC)c1-c1cccnn1. The minimum atomic E-state index is -4.71. The lowest BCUT2D eigenvalue weighted by Gasteiger charge is -2.17. The van der Waals surface area contributed by atoms with E-state index >= 15 is 0 Å². The lowest BCUT2D eigenvalue weighted by Crippen LogP contribution is -2.26. The molecule has 2 aromatic heterocycles. The quantitative estimate of drug-likeness (QED) is 0.947. The Labute approximate surface area is 119 Å². The summed E-state index contributed by atoms with van der Waals surface area (Å²) in [5.41, 5.74) is -1.21. The summed E-state index contributed by atoms with van der Waals surface area (Å²) in [6, 6.07) is 3.18. The largest absolute Gasteiger partial charge is 0.421 e. The maximum atomic E-state index is 13.2. The molecule has 0 aliphatic heterocycles. The molecule has 0 aliphatic rings. The van der Waals surface area contributed by atoms with Gasteiger partial charge in [-0.05, 0) is 30.5 Å². The molecule has 0 fully saturated rings. The van der Waals surface area contributed by atoms with Crippen molar-refractivity contribution in [3.8, 4) is 11.3 Å². The van der Waals surface area contributed by atoms with Crippen LogP contribution in [0.5, 0.6) is 0 Å². The van der Waals surface area contributed by atoms with Gasteiger partial charge in [-0.1, -0.05) is 13.8 Å².